The van der Waals surface area contributed by atoms with E-state index >= 15 is 0 Å². The molecular weight excluding hydrogens is 476 g/mol. The zero-order valence-electron chi connectivity index (χ0n) is 19.0. The van der Waals surface area contributed by atoms with Crippen LogP contribution in [0, 0.1) is 0 Å². The third kappa shape index (κ3) is 4.82. The molecular formula is C27H22N4O4S. The van der Waals surface area contributed by atoms with E-state index in [0.29, 0.717) is 22.3 Å². The first-order chi connectivity index (χ1) is 17.5. The Morgan fingerprint density at radius 3 is 2.44 bits per heavy atom. The minimum absolute atomic E-state index is 0.0120. The van der Waals surface area contributed by atoms with E-state index in [1.807, 2.05) is 60.7 Å². The van der Waals surface area contributed by atoms with Crippen LogP contribution in [0.2, 0.25) is 0 Å². The third-order valence-corrected chi connectivity index (χ3v) is 6.26. The average Bonchev–Trinajstić information content (AvgIpc) is 3.50. The zero-order valence-corrected chi connectivity index (χ0v) is 19.8. The van der Waals surface area contributed by atoms with Crippen LogP contribution in [0.1, 0.15) is 33.9 Å². The lowest BCUT2D eigenvalue weighted by Gasteiger charge is -2.25. The van der Waals surface area contributed by atoms with Crippen molar-refractivity contribution < 1.29 is 19.1 Å². The molecule has 2 aromatic heterocycles. The molecule has 1 saturated heterocycles. The number of anilines is 1. The van der Waals surface area contributed by atoms with Crippen molar-refractivity contribution in [2.45, 2.75) is 12.1 Å². The van der Waals surface area contributed by atoms with Gasteiger partial charge in [0.2, 0.25) is 5.91 Å². The van der Waals surface area contributed by atoms with Crippen LogP contribution in [0.3, 0.4) is 0 Å². The Bertz CT molecular complexity index is 1390. The summed E-state index contributed by atoms with van der Waals surface area (Å²) in [5, 5.41) is 15.8. The van der Waals surface area contributed by atoms with Gasteiger partial charge in [-0.2, -0.15) is 0 Å². The number of pyridine rings is 1. The molecule has 0 bridgehead atoms. The van der Waals surface area contributed by atoms with Gasteiger partial charge in [0.05, 0.1) is 17.3 Å². The molecule has 1 aliphatic heterocycles. The summed E-state index contributed by atoms with van der Waals surface area (Å²) in [6.07, 6.45) is 1.71. The molecule has 0 aliphatic carbocycles. The molecule has 36 heavy (non-hydrogen) atoms. The van der Waals surface area contributed by atoms with Gasteiger partial charge in [-0.15, -0.1) is 0 Å². The van der Waals surface area contributed by atoms with E-state index in [1.165, 1.54) is 12.1 Å². The minimum Gasteiger partial charge on any atom is -0.478 e. The number of amides is 1. The molecule has 0 radical (unpaired) electrons. The quantitative estimate of drug-likeness (QED) is 0.316. The Kier molecular flexibility index (Phi) is 6.46. The van der Waals surface area contributed by atoms with Gasteiger partial charge in [0, 0.05) is 17.4 Å². The van der Waals surface area contributed by atoms with E-state index < -0.39 is 12.0 Å². The van der Waals surface area contributed by atoms with E-state index in [2.05, 4.69) is 15.6 Å². The van der Waals surface area contributed by atoms with Crippen LogP contribution in [-0.4, -0.2) is 38.5 Å². The molecule has 0 unspecified atom stereocenters. The normalized spacial score (nSPS) is 17.0. The highest BCUT2D eigenvalue weighted by Crippen LogP contribution is 2.40. The van der Waals surface area contributed by atoms with Gasteiger partial charge >= 0.3 is 5.97 Å². The maximum Gasteiger partial charge on any atom is 0.335 e. The number of hydrogen-bond donors (Lipinski definition) is 3. The highest BCUT2D eigenvalue weighted by atomic mass is 32.1. The first-order valence-corrected chi connectivity index (χ1v) is 11.7. The van der Waals surface area contributed by atoms with E-state index in [-0.39, 0.29) is 24.1 Å². The second kappa shape index (κ2) is 10.0. The van der Waals surface area contributed by atoms with E-state index in [1.54, 1.807) is 23.2 Å². The van der Waals surface area contributed by atoms with Crippen molar-refractivity contribution in [2.24, 2.45) is 0 Å². The summed E-state index contributed by atoms with van der Waals surface area (Å²) in [5.74, 6) is -0.0287. The van der Waals surface area contributed by atoms with Crippen molar-refractivity contribution in [3.8, 4) is 11.3 Å². The highest BCUT2D eigenvalue weighted by molar-refractivity contribution is 7.80. The lowest BCUT2D eigenvalue weighted by Crippen LogP contribution is -2.36. The molecule has 8 nitrogen and oxygen atoms in total. The molecule has 5 rings (SSSR count). The summed E-state index contributed by atoms with van der Waals surface area (Å²) < 4.78 is 6.24. The first kappa shape index (κ1) is 23.3. The molecule has 4 aromatic rings. The van der Waals surface area contributed by atoms with Crippen LogP contribution in [0.15, 0.2) is 95.5 Å². The predicted octanol–water partition coefficient (Wildman–Crippen LogP) is 4.65. The molecule has 0 spiro atoms. The Labute approximate surface area is 212 Å². The standard InChI is InChI=1S/C27H22N4O4S/c32-23(29-19-6-2-1-3-7-19)16-31-25(24(30-27(31)36)20-8-4-5-15-28-20)22-14-13-21(35-22)17-9-11-18(12-10-17)26(33)34/h1-15,24-25H,16H2,(H,29,32)(H,30,36)(H,33,34)/t24-,25+/m0/s1. The van der Waals surface area contributed by atoms with Gasteiger partial charge in [-0.05, 0) is 60.7 Å². The van der Waals surface area contributed by atoms with Crippen molar-refractivity contribution in [1.29, 1.82) is 0 Å². The van der Waals surface area contributed by atoms with Gasteiger partial charge in [-0.1, -0.05) is 36.4 Å². The number of para-hydroxylation sites is 1. The van der Waals surface area contributed by atoms with E-state index in [0.717, 1.165) is 11.3 Å². The van der Waals surface area contributed by atoms with Crippen molar-refractivity contribution in [3.63, 3.8) is 0 Å². The van der Waals surface area contributed by atoms with Crippen LogP contribution < -0.4 is 10.6 Å². The fourth-order valence-electron chi connectivity index (χ4n) is 4.21. The number of aromatic carboxylic acids is 1. The molecule has 0 saturated carbocycles. The highest BCUT2D eigenvalue weighted by Gasteiger charge is 2.42. The number of nitrogens with one attached hydrogen (secondary N) is 2. The first-order valence-electron chi connectivity index (χ1n) is 11.3. The SMILES string of the molecule is O=C(CN1C(=S)N[C@@H](c2ccccn2)[C@H]1c1ccc(-c2ccc(C(=O)O)cc2)o1)Nc1ccccc1. The monoisotopic (exact) mass is 498 g/mol. The molecule has 3 N–H and O–H groups in total. The van der Waals surface area contributed by atoms with Crippen molar-refractivity contribution in [3.05, 3.63) is 108 Å². The summed E-state index contributed by atoms with van der Waals surface area (Å²) in [7, 11) is 0. The van der Waals surface area contributed by atoms with Crippen molar-refractivity contribution >= 4 is 34.9 Å². The number of rotatable bonds is 7. The fraction of sp³-hybridized carbons (Fsp3) is 0.111. The smallest absolute Gasteiger partial charge is 0.335 e. The van der Waals surface area contributed by atoms with Gasteiger partial charge in [0.25, 0.3) is 0 Å². The Morgan fingerprint density at radius 1 is 1.00 bits per heavy atom. The number of carboxylic acids is 1. The molecule has 9 heteroatoms. The van der Waals surface area contributed by atoms with Crippen molar-refractivity contribution in [2.75, 3.05) is 11.9 Å². The van der Waals surface area contributed by atoms with Gasteiger partial charge in [-0.3, -0.25) is 9.78 Å². The van der Waals surface area contributed by atoms with Gasteiger partial charge in [0.15, 0.2) is 5.11 Å². The number of hydrogen-bond acceptors (Lipinski definition) is 5. The average molecular weight is 499 g/mol. The lowest BCUT2D eigenvalue weighted by molar-refractivity contribution is -0.116. The van der Waals surface area contributed by atoms with Crippen LogP contribution in [0.4, 0.5) is 5.69 Å². The number of furan rings is 1. The Morgan fingerprint density at radius 2 is 1.75 bits per heavy atom. The fourth-order valence-corrected chi connectivity index (χ4v) is 4.51. The lowest BCUT2D eigenvalue weighted by atomic mass is 10.0. The van der Waals surface area contributed by atoms with Crippen LogP contribution in [-0.2, 0) is 4.79 Å². The Balaban J connectivity index is 1.45. The number of aromatic nitrogens is 1. The molecule has 2 aromatic carbocycles. The summed E-state index contributed by atoms with van der Waals surface area (Å²) in [5.41, 5.74) is 2.40. The molecule has 1 fully saturated rings. The number of carbonyl (C=O) groups excluding carboxylic acids is 1. The number of carboxylic acid groups (broad SMARTS) is 1. The summed E-state index contributed by atoms with van der Waals surface area (Å²) in [6.45, 7) is 0.0120. The number of benzene rings is 2. The van der Waals surface area contributed by atoms with Crippen LogP contribution in [0.5, 0.6) is 0 Å². The van der Waals surface area contributed by atoms with Gasteiger partial charge in [-0.25, -0.2) is 4.79 Å². The van der Waals surface area contributed by atoms with Crippen molar-refractivity contribution in [1.82, 2.24) is 15.2 Å². The van der Waals surface area contributed by atoms with Gasteiger partial charge < -0.3 is 25.1 Å². The summed E-state index contributed by atoms with van der Waals surface area (Å²) in [6, 6.07) is 24.2. The molecule has 180 valence electrons. The maximum absolute atomic E-state index is 12.9. The van der Waals surface area contributed by atoms with E-state index in [4.69, 9.17) is 21.7 Å². The van der Waals surface area contributed by atoms with Gasteiger partial charge in [0.1, 0.15) is 24.1 Å². The number of thiocarbonyl (C=S) groups is 1. The molecule has 2 atom stereocenters. The summed E-state index contributed by atoms with van der Waals surface area (Å²) in [4.78, 5) is 30.4. The third-order valence-electron chi connectivity index (χ3n) is 5.90. The largest absolute Gasteiger partial charge is 0.478 e. The van der Waals surface area contributed by atoms with Crippen LogP contribution >= 0.6 is 12.2 Å². The second-order valence-electron chi connectivity index (χ2n) is 8.25. The second-order valence-corrected chi connectivity index (χ2v) is 8.64. The zero-order chi connectivity index (χ0) is 25.1. The summed E-state index contributed by atoms with van der Waals surface area (Å²) >= 11 is 5.63. The Hall–Kier alpha value is -4.50. The van der Waals surface area contributed by atoms with E-state index in [9.17, 15) is 9.59 Å². The molecule has 1 aliphatic rings. The molecule has 3 heterocycles. The molecule has 1 amide bonds. The van der Waals surface area contributed by atoms with Crippen LogP contribution in [0.25, 0.3) is 11.3 Å². The number of carbonyl (C=O) groups is 2. The topological polar surface area (TPSA) is 108 Å². The number of nitrogens with zero attached hydrogens (tertiary/aromatic N) is 2. The minimum atomic E-state index is -0.991. The maximum atomic E-state index is 12.9. The predicted molar refractivity (Wildman–Crippen MR) is 138 cm³/mol.